The molecule has 0 saturated heterocycles. The molecule has 0 bridgehead atoms. The minimum Gasteiger partial charge on any atom is -0.317 e. The van der Waals surface area contributed by atoms with Gasteiger partial charge in [0.25, 0.3) is 0 Å². The summed E-state index contributed by atoms with van der Waals surface area (Å²) in [6.07, 6.45) is 3.15. The quantitative estimate of drug-likeness (QED) is 0.773. The summed E-state index contributed by atoms with van der Waals surface area (Å²) in [6.45, 7) is 2.48. The Bertz CT molecular complexity index is 443. The Morgan fingerprint density at radius 1 is 1.71 bits per heavy atom. The van der Waals surface area contributed by atoms with Crippen molar-refractivity contribution in [3.05, 3.63) is 12.4 Å². The highest BCUT2D eigenvalue weighted by Gasteiger charge is 2.12. The summed E-state index contributed by atoms with van der Waals surface area (Å²) in [4.78, 5) is 3.82. The van der Waals surface area contributed by atoms with Crippen molar-refractivity contribution in [2.75, 3.05) is 10.5 Å². The second-order valence-corrected chi connectivity index (χ2v) is 4.28. The zero-order valence-electron chi connectivity index (χ0n) is 7.64. The van der Waals surface area contributed by atoms with Crippen LogP contribution >= 0.6 is 0 Å². The number of anilines is 1. The lowest BCUT2D eigenvalue weighted by atomic mass is 10.7. The molecule has 0 saturated carbocycles. The highest BCUT2D eigenvalue weighted by atomic mass is 32.2. The third kappa shape index (κ3) is 2.47. The number of nitriles is 1. The average Bonchev–Trinajstić information content (AvgIpc) is 2.50. The second-order valence-electron chi connectivity index (χ2n) is 2.56. The first-order valence-electron chi connectivity index (χ1n) is 3.97. The van der Waals surface area contributed by atoms with Gasteiger partial charge in [0, 0.05) is 18.9 Å². The van der Waals surface area contributed by atoms with Crippen molar-refractivity contribution in [2.24, 2.45) is 0 Å². The number of hydrogen-bond donors (Lipinski definition) is 1. The standard InChI is InChI=1S/C7H10N4O2S/c1-2-11-5-4-9-7(11)10-14(12,13)6-3-8/h4-5H,2,6H2,1H3,(H,9,10). The second kappa shape index (κ2) is 4.11. The molecule has 0 unspecified atom stereocenters. The Morgan fingerprint density at radius 2 is 2.43 bits per heavy atom. The monoisotopic (exact) mass is 214 g/mol. The molecule has 0 radical (unpaired) electrons. The van der Waals surface area contributed by atoms with Crippen molar-refractivity contribution in [1.29, 1.82) is 5.26 Å². The van der Waals surface area contributed by atoms with E-state index in [9.17, 15) is 8.42 Å². The number of hydrogen-bond acceptors (Lipinski definition) is 4. The molecule has 1 aromatic heterocycles. The van der Waals surface area contributed by atoms with Crippen LogP contribution < -0.4 is 4.72 Å². The van der Waals surface area contributed by atoms with Crippen molar-refractivity contribution in [3.8, 4) is 6.07 Å². The first kappa shape index (κ1) is 10.5. The molecule has 14 heavy (non-hydrogen) atoms. The van der Waals surface area contributed by atoms with E-state index in [0.717, 1.165) is 0 Å². The maximum atomic E-state index is 11.2. The van der Waals surface area contributed by atoms with Gasteiger partial charge in [0.1, 0.15) is 0 Å². The summed E-state index contributed by atoms with van der Waals surface area (Å²) in [5.74, 6) is -0.327. The first-order chi connectivity index (χ1) is 6.59. The van der Waals surface area contributed by atoms with E-state index in [1.807, 2.05) is 6.92 Å². The number of nitrogens with one attached hydrogen (secondary N) is 1. The molecule has 7 heteroatoms. The molecular weight excluding hydrogens is 204 g/mol. The van der Waals surface area contributed by atoms with Crippen molar-refractivity contribution < 1.29 is 8.42 Å². The maximum absolute atomic E-state index is 11.2. The molecule has 0 atom stereocenters. The molecule has 0 aromatic carbocycles. The van der Waals surface area contributed by atoms with Crippen LogP contribution in [0.4, 0.5) is 5.95 Å². The zero-order valence-corrected chi connectivity index (χ0v) is 8.45. The summed E-state index contributed by atoms with van der Waals surface area (Å²) in [5, 5.41) is 8.26. The molecule has 0 amide bonds. The molecule has 0 fully saturated rings. The van der Waals surface area contributed by atoms with Crippen LogP contribution in [0.15, 0.2) is 12.4 Å². The number of aryl methyl sites for hydroxylation is 1. The van der Waals surface area contributed by atoms with Crippen LogP contribution in [0.2, 0.25) is 0 Å². The predicted octanol–water partition coefficient (Wildman–Crippen LogP) is 0.168. The first-order valence-corrected chi connectivity index (χ1v) is 5.63. The topological polar surface area (TPSA) is 87.8 Å². The van der Waals surface area contributed by atoms with E-state index in [-0.39, 0.29) is 5.95 Å². The van der Waals surface area contributed by atoms with E-state index in [2.05, 4.69) is 9.71 Å². The third-order valence-corrected chi connectivity index (χ3v) is 2.56. The summed E-state index contributed by atoms with van der Waals surface area (Å²) in [7, 11) is -3.58. The minimum absolute atomic E-state index is 0.239. The van der Waals surface area contributed by atoms with E-state index in [4.69, 9.17) is 5.26 Å². The summed E-state index contributed by atoms with van der Waals surface area (Å²) in [5.41, 5.74) is 0. The van der Waals surface area contributed by atoms with E-state index < -0.39 is 15.8 Å². The fraction of sp³-hybridized carbons (Fsp3) is 0.429. The molecule has 1 N–H and O–H groups in total. The van der Waals surface area contributed by atoms with Gasteiger partial charge in [0.05, 0.1) is 6.07 Å². The normalized spacial score (nSPS) is 10.9. The summed E-state index contributed by atoms with van der Waals surface area (Å²) >= 11 is 0. The molecule has 6 nitrogen and oxygen atoms in total. The van der Waals surface area contributed by atoms with Crippen LogP contribution in [-0.2, 0) is 16.6 Å². The minimum atomic E-state index is -3.58. The largest absolute Gasteiger partial charge is 0.317 e. The number of nitrogens with zero attached hydrogens (tertiary/aromatic N) is 3. The van der Waals surface area contributed by atoms with Gasteiger partial charge in [-0.2, -0.15) is 5.26 Å². The Labute approximate surface area is 82.2 Å². The van der Waals surface area contributed by atoms with Crippen LogP contribution in [0.3, 0.4) is 0 Å². The summed E-state index contributed by atoms with van der Waals surface area (Å²) in [6, 6.07) is 1.57. The van der Waals surface area contributed by atoms with Crippen molar-refractivity contribution in [2.45, 2.75) is 13.5 Å². The van der Waals surface area contributed by atoms with Gasteiger partial charge in [-0.1, -0.05) is 0 Å². The molecule has 1 aromatic rings. The van der Waals surface area contributed by atoms with Crippen LogP contribution in [0, 0.1) is 11.3 Å². The molecule has 1 heterocycles. The molecule has 0 aliphatic rings. The van der Waals surface area contributed by atoms with Gasteiger partial charge in [-0.15, -0.1) is 0 Å². The van der Waals surface area contributed by atoms with Gasteiger partial charge < -0.3 is 4.57 Å². The van der Waals surface area contributed by atoms with Gasteiger partial charge in [-0.05, 0) is 6.92 Å². The lowest BCUT2D eigenvalue weighted by Crippen LogP contribution is -2.18. The smallest absolute Gasteiger partial charge is 0.248 e. The lowest BCUT2D eigenvalue weighted by molar-refractivity contribution is 0.603. The van der Waals surface area contributed by atoms with Crippen LogP contribution in [0.1, 0.15) is 6.92 Å². The van der Waals surface area contributed by atoms with Gasteiger partial charge in [-0.25, -0.2) is 13.4 Å². The van der Waals surface area contributed by atoms with Gasteiger partial charge in [0.15, 0.2) is 5.75 Å². The number of rotatable bonds is 4. The SMILES string of the molecule is CCn1ccnc1NS(=O)(=O)CC#N. The molecule has 1 rings (SSSR count). The lowest BCUT2D eigenvalue weighted by Gasteiger charge is -2.05. The van der Waals surface area contributed by atoms with Crippen LogP contribution in [0.5, 0.6) is 0 Å². The zero-order chi connectivity index (χ0) is 10.6. The van der Waals surface area contributed by atoms with Gasteiger partial charge in [-0.3, -0.25) is 4.72 Å². The summed E-state index contributed by atoms with van der Waals surface area (Å²) < 4.78 is 26.2. The fourth-order valence-electron chi connectivity index (χ4n) is 0.929. The fourth-order valence-corrected chi connectivity index (χ4v) is 1.62. The number of imidazole rings is 1. The Balaban J connectivity index is 2.85. The third-order valence-electron chi connectivity index (χ3n) is 1.56. The maximum Gasteiger partial charge on any atom is 0.248 e. The highest BCUT2D eigenvalue weighted by molar-refractivity contribution is 7.92. The molecule has 76 valence electrons. The Hall–Kier alpha value is -1.55. The molecule has 0 aliphatic carbocycles. The predicted molar refractivity (Wildman–Crippen MR) is 50.9 cm³/mol. The average molecular weight is 214 g/mol. The number of aromatic nitrogens is 2. The van der Waals surface area contributed by atoms with E-state index in [1.54, 1.807) is 16.8 Å². The molecule has 0 aliphatic heterocycles. The van der Waals surface area contributed by atoms with Gasteiger partial charge >= 0.3 is 0 Å². The van der Waals surface area contributed by atoms with Crippen molar-refractivity contribution in [3.63, 3.8) is 0 Å². The number of sulfonamides is 1. The van der Waals surface area contributed by atoms with E-state index in [0.29, 0.717) is 6.54 Å². The van der Waals surface area contributed by atoms with E-state index in [1.165, 1.54) is 6.20 Å². The highest BCUT2D eigenvalue weighted by Crippen LogP contribution is 2.06. The Morgan fingerprint density at radius 3 is 3.00 bits per heavy atom. The van der Waals surface area contributed by atoms with Crippen LogP contribution in [-0.4, -0.2) is 23.7 Å². The van der Waals surface area contributed by atoms with Crippen molar-refractivity contribution >= 4 is 16.0 Å². The van der Waals surface area contributed by atoms with Crippen molar-refractivity contribution in [1.82, 2.24) is 9.55 Å². The molecular formula is C7H10N4O2S. The van der Waals surface area contributed by atoms with E-state index >= 15 is 0 Å². The van der Waals surface area contributed by atoms with Gasteiger partial charge in [0.2, 0.25) is 16.0 Å². The van der Waals surface area contributed by atoms with Crippen LogP contribution in [0.25, 0.3) is 0 Å². The Kier molecular flexibility index (Phi) is 3.09. The molecule has 0 spiro atoms.